The molecule has 0 aliphatic rings. The van der Waals surface area contributed by atoms with Crippen LogP contribution in [0.1, 0.15) is 51.7 Å². The maximum Gasteiger partial charge on any atom is 0.0483 e. The van der Waals surface area contributed by atoms with E-state index in [0.717, 1.165) is 25.8 Å². The predicted molar refractivity (Wildman–Crippen MR) is 86.3 cm³/mol. The second-order valence-corrected chi connectivity index (χ2v) is 6.66. The van der Waals surface area contributed by atoms with Gasteiger partial charge >= 0.3 is 0 Å². The fourth-order valence-electron chi connectivity index (χ4n) is 2.73. The van der Waals surface area contributed by atoms with Crippen LogP contribution in [0.25, 0.3) is 10.9 Å². The highest BCUT2D eigenvalue weighted by molar-refractivity contribution is 5.85. The minimum Gasteiger partial charge on any atom is -0.396 e. The lowest BCUT2D eigenvalue weighted by molar-refractivity contribution is 0.288. The minimum atomic E-state index is 0.176. The zero-order chi connectivity index (χ0) is 14.8. The Bertz CT molecular complexity index is 575. The van der Waals surface area contributed by atoms with Gasteiger partial charge in [-0.15, -0.1) is 0 Å². The van der Waals surface area contributed by atoms with Crippen LogP contribution >= 0.6 is 0 Å². The summed E-state index contributed by atoms with van der Waals surface area (Å²) in [6.07, 6.45) is 5.21. The molecule has 1 aromatic carbocycles. The van der Waals surface area contributed by atoms with Crippen molar-refractivity contribution >= 4 is 10.9 Å². The summed E-state index contributed by atoms with van der Waals surface area (Å²) in [5.74, 6) is 0. The smallest absolute Gasteiger partial charge is 0.0483 e. The summed E-state index contributed by atoms with van der Waals surface area (Å²) in [5.41, 5.74) is 4.25. The van der Waals surface area contributed by atoms with E-state index in [1.807, 2.05) is 0 Å². The predicted octanol–water partition coefficient (Wildman–Crippen LogP) is 4.27. The number of aryl methyl sites for hydroxylation is 2. The first kappa shape index (κ1) is 15.1. The van der Waals surface area contributed by atoms with Gasteiger partial charge in [0.1, 0.15) is 0 Å². The molecule has 2 nitrogen and oxygen atoms in total. The van der Waals surface area contributed by atoms with Crippen LogP contribution in [0, 0.1) is 0 Å². The van der Waals surface area contributed by atoms with Gasteiger partial charge in [0.2, 0.25) is 0 Å². The number of hydrogen-bond donors (Lipinski definition) is 1. The highest BCUT2D eigenvalue weighted by atomic mass is 16.2. The number of aliphatic hydroxyl groups excluding tert-OH is 1. The van der Waals surface area contributed by atoms with E-state index in [2.05, 4.69) is 56.7 Å². The number of nitrogens with zero attached hydrogens (tertiary/aromatic N) is 1. The standard InChI is InChI=1S/C18H27NO/c1-5-10-19-13-14(7-6-11-20)16-12-15(18(2,3)4)8-9-17(16)19/h8-9,12-13,20H,5-7,10-11H2,1-4H3. The van der Waals surface area contributed by atoms with Gasteiger partial charge in [-0.25, -0.2) is 0 Å². The van der Waals surface area contributed by atoms with Gasteiger partial charge in [-0.05, 0) is 47.9 Å². The molecule has 0 amide bonds. The Morgan fingerprint density at radius 1 is 1.20 bits per heavy atom. The Morgan fingerprint density at radius 3 is 2.55 bits per heavy atom. The molecule has 110 valence electrons. The third-order valence-corrected chi connectivity index (χ3v) is 3.90. The van der Waals surface area contributed by atoms with Crippen molar-refractivity contribution in [3.05, 3.63) is 35.5 Å². The molecule has 0 aliphatic heterocycles. The summed E-state index contributed by atoms with van der Waals surface area (Å²) in [6, 6.07) is 6.85. The normalized spacial score (nSPS) is 12.2. The SMILES string of the molecule is CCCn1cc(CCCO)c2cc(C(C)(C)C)ccc21. The van der Waals surface area contributed by atoms with E-state index in [-0.39, 0.29) is 12.0 Å². The average Bonchev–Trinajstić information content (AvgIpc) is 2.74. The van der Waals surface area contributed by atoms with Crippen LogP contribution in [0.2, 0.25) is 0 Å². The molecule has 0 saturated heterocycles. The van der Waals surface area contributed by atoms with Crippen LogP contribution in [0.15, 0.2) is 24.4 Å². The van der Waals surface area contributed by atoms with Gasteiger partial charge in [0, 0.05) is 30.3 Å². The van der Waals surface area contributed by atoms with Crippen molar-refractivity contribution in [1.29, 1.82) is 0 Å². The Morgan fingerprint density at radius 2 is 1.95 bits per heavy atom. The minimum absolute atomic E-state index is 0.176. The van der Waals surface area contributed by atoms with Crippen molar-refractivity contribution in [3.8, 4) is 0 Å². The zero-order valence-electron chi connectivity index (χ0n) is 13.2. The lowest BCUT2D eigenvalue weighted by atomic mass is 9.86. The molecular weight excluding hydrogens is 246 g/mol. The highest BCUT2D eigenvalue weighted by Gasteiger charge is 2.16. The molecular formula is C18H27NO. The van der Waals surface area contributed by atoms with Crippen LogP contribution < -0.4 is 0 Å². The summed E-state index contributed by atoms with van der Waals surface area (Å²) < 4.78 is 2.36. The molecule has 0 bridgehead atoms. The summed E-state index contributed by atoms with van der Waals surface area (Å²) in [7, 11) is 0. The Balaban J connectivity index is 2.52. The van der Waals surface area contributed by atoms with Crippen LogP contribution in [-0.4, -0.2) is 16.3 Å². The molecule has 2 heteroatoms. The lowest BCUT2D eigenvalue weighted by Gasteiger charge is -2.19. The Labute approximate surface area is 122 Å². The maximum atomic E-state index is 9.09. The van der Waals surface area contributed by atoms with Crippen molar-refractivity contribution < 1.29 is 5.11 Å². The van der Waals surface area contributed by atoms with Crippen molar-refractivity contribution in [2.45, 2.75) is 58.9 Å². The fraction of sp³-hybridized carbons (Fsp3) is 0.556. The number of aromatic nitrogens is 1. The molecule has 0 atom stereocenters. The first-order valence-electron chi connectivity index (χ1n) is 7.70. The van der Waals surface area contributed by atoms with Crippen molar-refractivity contribution in [1.82, 2.24) is 4.57 Å². The molecule has 1 heterocycles. The van der Waals surface area contributed by atoms with Gasteiger partial charge in [-0.3, -0.25) is 0 Å². The molecule has 0 fully saturated rings. The number of hydrogen-bond acceptors (Lipinski definition) is 1. The van der Waals surface area contributed by atoms with Gasteiger partial charge < -0.3 is 9.67 Å². The van der Waals surface area contributed by atoms with E-state index in [0.29, 0.717) is 0 Å². The topological polar surface area (TPSA) is 25.2 Å². The van der Waals surface area contributed by atoms with Crippen LogP contribution in [-0.2, 0) is 18.4 Å². The molecule has 1 aromatic heterocycles. The molecule has 0 radical (unpaired) electrons. The summed E-state index contributed by atoms with van der Waals surface area (Å²) in [4.78, 5) is 0. The number of benzene rings is 1. The molecule has 2 aromatic rings. The summed E-state index contributed by atoms with van der Waals surface area (Å²) in [5, 5.41) is 10.4. The summed E-state index contributed by atoms with van der Waals surface area (Å²) >= 11 is 0. The molecule has 0 saturated carbocycles. The van der Waals surface area contributed by atoms with E-state index in [1.165, 1.54) is 22.0 Å². The summed E-state index contributed by atoms with van der Waals surface area (Å²) in [6.45, 7) is 10.3. The van der Waals surface area contributed by atoms with Gasteiger partial charge in [0.25, 0.3) is 0 Å². The highest BCUT2D eigenvalue weighted by Crippen LogP contribution is 2.29. The molecule has 0 spiro atoms. The zero-order valence-corrected chi connectivity index (χ0v) is 13.2. The van der Waals surface area contributed by atoms with E-state index in [4.69, 9.17) is 5.11 Å². The van der Waals surface area contributed by atoms with Crippen molar-refractivity contribution in [2.75, 3.05) is 6.61 Å². The molecule has 20 heavy (non-hydrogen) atoms. The molecule has 0 unspecified atom stereocenters. The second kappa shape index (κ2) is 6.01. The van der Waals surface area contributed by atoms with Gasteiger partial charge in [-0.2, -0.15) is 0 Å². The van der Waals surface area contributed by atoms with Crippen molar-refractivity contribution in [3.63, 3.8) is 0 Å². The van der Waals surface area contributed by atoms with E-state index in [9.17, 15) is 0 Å². The van der Waals surface area contributed by atoms with E-state index in [1.54, 1.807) is 0 Å². The van der Waals surface area contributed by atoms with E-state index >= 15 is 0 Å². The first-order chi connectivity index (χ1) is 9.47. The third kappa shape index (κ3) is 3.06. The Hall–Kier alpha value is -1.28. The van der Waals surface area contributed by atoms with Crippen LogP contribution in [0.5, 0.6) is 0 Å². The van der Waals surface area contributed by atoms with E-state index < -0.39 is 0 Å². The van der Waals surface area contributed by atoms with Crippen molar-refractivity contribution in [2.24, 2.45) is 0 Å². The van der Waals surface area contributed by atoms with Crippen LogP contribution in [0.4, 0.5) is 0 Å². The number of aliphatic hydroxyl groups is 1. The maximum absolute atomic E-state index is 9.09. The van der Waals surface area contributed by atoms with Crippen LogP contribution in [0.3, 0.4) is 0 Å². The quantitative estimate of drug-likeness (QED) is 0.864. The number of fused-ring (bicyclic) bond motifs is 1. The third-order valence-electron chi connectivity index (χ3n) is 3.90. The Kier molecular flexibility index (Phi) is 4.54. The average molecular weight is 273 g/mol. The van der Waals surface area contributed by atoms with Gasteiger partial charge in [-0.1, -0.05) is 33.8 Å². The second-order valence-electron chi connectivity index (χ2n) is 6.66. The largest absolute Gasteiger partial charge is 0.396 e. The van der Waals surface area contributed by atoms with Gasteiger partial charge in [0.15, 0.2) is 0 Å². The molecule has 0 aliphatic carbocycles. The first-order valence-corrected chi connectivity index (χ1v) is 7.70. The number of rotatable bonds is 5. The van der Waals surface area contributed by atoms with Gasteiger partial charge in [0.05, 0.1) is 0 Å². The molecule has 2 rings (SSSR count). The molecule has 1 N–H and O–H groups in total. The lowest BCUT2D eigenvalue weighted by Crippen LogP contribution is -2.10. The fourth-order valence-corrected chi connectivity index (χ4v) is 2.73. The monoisotopic (exact) mass is 273 g/mol.